The fraction of sp³-hybridized carbons (Fsp3) is 0.182. The van der Waals surface area contributed by atoms with Gasteiger partial charge in [-0.3, -0.25) is 0 Å². The smallest absolute Gasteiger partial charge is 0.126 e. The maximum atomic E-state index is 13.7. The number of halogens is 2. The second kappa shape index (κ2) is 7.16. The molecular weight excluding hydrogens is 332 g/mol. The summed E-state index contributed by atoms with van der Waals surface area (Å²) in [6.45, 7) is 7.72. The predicted molar refractivity (Wildman–Crippen MR) is 100 cm³/mol. The number of aliphatic hydroxyl groups is 1. The van der Waals surface area contributed by atoms with Crippen LogP contribution in [-0.2, 0) is 13.0 Å². The molecule has 4 heteroatoms. The zero-order valence-electron chi connectivity index (χ0n) is 14.9. The molecule has 0 atom stereocenters. The Balaban J connectivity index is 2.11. The van der Waals surface area contributed by atoms with Crippen LogP contribution in [0.15, 0.2) is 60.9 Å². The van der Waals surface area contributed by atoms with Gasteiger partial charge in [0, 0.05) is 23.0 Å². The number of rotatable bonds is 5. The molecule has 0 radical (unpaired) electrons. The Morgan fingerprint density at radius 2 is 1.65 bits per heavy atom. The highest BCUT2D eigenvalue weighted by atomic mass is 19.1. The summed E-state index contributed by atoms with van der Waals surface area (Å²) in [5.74, 6) is -1.27. The maximum absolute atomic E-state index is 13.7. The third kappa shape index (κ3) is 3.69. The van der Waals surface area contributed by atoms with E-state index in [1.165, 1.54) is 23.3 Å². The van der Waals surface area contributed by atoms with Gasteiger partial charge in [0.05, 0.1) is 6.54 Å². The topological polar surface area (TPSA) is 25.2 Å². The van der Waals surface area contributed by atoms with Crippen LogP contribution in [0.2, 0.25) is 0 Å². The Kier molecular flexibility index (Phi) is 4.94. The van der Waals surface area contributed by atoms with Crippen molar-refractivity contribution in [2.75, 3.05) is 0 Å². The molecule has 1 N–H and O–H groups in total. The fourth-order valence-corrected chi connectivity index (χ4v) is 3.22. The molecule has 134 valence electrons. The normalized spacial score (nSPS) is 10.9. The number of nitrogens with zero attached hydrogens (tertiary/aromatic N) is 1. The first-order valence-corrected chi connectivity index (χ1v) is 8.42. The molecule has 0 bridgehead atoms. The molecule has 1 heterocycles. The van der Waals surface area contributed by atoms with E-state index in [0.717, 1.165) is 17.3 Å². The standard InChI is InChI=1S/C22H21F2NO/c1-14-6-4-5-7-17(14)8-18-11-22(25(16(18)3)13-15(2)26)19-9-20(23)12-21(24)10-19/h4-7,9-12,26H,2,8,13H2,1,3H3. The van der Waals surface area contributed by atoms with Gasteiger partial charge in [-0.1, -0.05) is 30.8 Å². The van der Waals surface area contributed by atoms with Crippen LogP contribution in [0.4, 0.5) is 8.78 Å². The zero-order valence-corrected chi connectivity index (χ0v) is 14.9. The van der Waals surface area contributed by atoms with Crippen molar-refractivity contribution in [1.29, 1.82) is 0 Å². The molecule has 0 saturated heterocycles. The molecule has 0 aliphatic carbocycles. The van der Waals surface area contributed by atoms with Crippen LogP contribution in [-0.4, -0.2) is 9.67 Å². The lowest BCUT2D eigenvalue weighted by molar-refractivity contribution is 0.378. The highest BCUT2D eigenvalue weighted by Crippen LogP contribution is 2.29. The van der Waals surface area contributed by atoms with Crippen molar-refractivity contribution in [3.63, 3.8) is 0 Å². The third-order valence-electron chi connectivity index (χ3n) is 4.61. The average Bonchev–Trinajstić information content (AvgIpc) is 2.85. The van der Waals surface area contributed by atoms with Crippen LogP contribution >= 0.6 is 0 Å². The Labute approximate surface area is 152 Å². The number of hydrogen-bond donors (Lipinski definition) is 1. The van der Waals surface area contributed by atoms with Crippen LogP contribution < -0.4 is 0 Å². The molecule has 0 unspecified atom stereocenters. The molecule has 3 rings (SSSR count). The minimum atomic E-state index is -0.631. The van der Waals surface area contributed by atoms with Crippen LogP contribution in [0, 0.1) is 25.5 Å². The predicted octanol–water partition coefficient (Wildman–Crippen LogP) is 5.71. The van der Waals surface area contributed by atoms with Crippen LogP contribution in [0.25, 0.3) is 11.3 Å². The summed E-state index contributed by atoms with van der Waals surface area (Å²) in [5, 5.41) is 9.69. The molecule has 1 aromatic heterocycles. The molecule has 0 saturated carbocycles. The first-order chi connectivity index (χ1) is 12.3. The van der Waals surface area contributed by atoms with Gasteiger partial charge in [-0.2, -0.15) is 0 Å². The van der Waals surface area contributed by atoms with Gasteiger partial charge in [-0.15, -0.1) is 0 Å². The lowest BCUT2D eigenvalue weighted by Gasteiger charge is -2.12. The summed E-state index contributed by atoms with van der Waals surface area (Å²) in [4.78, 5) is 0. The summed E-state index contributed by atoms with van der Waals surface area (Å²) < 4.78 is 29.2. The molecule has 3 aromatic rings. The van der Waals surface area contributed by atoms with Gasteiger partial charge in [0.25, 0.3) is 0 Å². The average molecular weight is 353 g/mol. The van der Waals surface area contributed by atoms with Crippen molar-refractivity contribution in [2.24, 2.45) is 0 Å². The second-order valence-corrected chi connectivity index (χ2v) is 6.55. The van der Waals surface area contributed by atoms with E-state index >= 15 is 0 Å². The Hall–Kier alpha value is -2.88. The molecule has 0 fully saturated rings. The number of aromatic nitrogens is 1. The molecule has 2 nitrogen and oxygen atoms in total. The van der Waals surface area contributed by atoms with Crippen molar-refractivity contribution in [3.05, 3.63) is 94.9 Å². The second-order valence-electron chi connectivity index (χ2n) is 6.55. The maximum Gasteiger partial charge on any atom is 0.126 e. The van der Waals surface area contributed by atoms with E-state index in [1.807, 2.05) is 29.7 Å². The van der Waals surface area contributed by atoms with E-state index in [2.05, 4.69) is 25.6 Å². The van der Waals surface area contributed by atoms with Gasteiger partial charge in [-0.05, 0) is 55.2 Å². The molecule has 2 aromatic carbocycles. The van der Waals surface area contributed by atoms with Crippen molar-refractivity contribution < 1.29 is 13.9 Å². The molecule has 0 aliphatic rings. The summed E-state index contributed by atoms with van der Waals surface area (Å²) in [6.07, 6.45) is 0.703. The number of aryl methyl sites for hydroxylation is 1. The Bertz CT molecular complexity index is 952. The van der Waals surface area contributed by atoms with Gasteiger partial charge in [-0.25, -0.2) is 8.78 Å². The minimum Gasteiger partial charge on any atom is -0.511 e. The van der Waals surface area contributed by atoms with E-state index in [1.54, 1.807) is 0 Å². The first kappa shape index (κ1) is 17.9. The van der Waals surface area contributed by atoms with E-state index in [0.29, 0.717) is 17.7 Å². The SMILES string of the molecule is C=C(O)Cn1c(-c2cc(F)cc(F)c2)cc(Cc2ccccc2C)c1C. The lowest BCUT2D eigenvalue weighted by atomic mass is 10.0. The number of aliphatic hydroxyl groups excluding tert-OH is 1. The van der Waals surface area contributed by atoms with E-state index in [9.17, 15) is 13.9 Å². The van der Waals surface area contributed by atoms with Gasteiger partial charge in [0.15, 0.2) is 0 Å². The number of allylic oxidation sites excluding steroid dienone is 1. The zero-order chi connectivity index (χ0) is 18.8. The summed E-state index contributed by atoms with van der Waals surface area (Å²) in [5.41, 5.74) is 5.43. The molecule has 0 aliphatic heterocycles. The van der Waals surface area contributed by atoms with Crippen molar-refractivity contribution in [1.82, 2.24) is 4.57 Å². The van der Waals surface area contributed by atoms with Gasteiger partial charge >= 0.3 is 0 Å². The van der Waals surface area contributed by atoms with E-state index in [-0.39, 0.29) is 12.3 Å². The van der Waals surface area contributed by atoms with Crippen molar-refractivity contribution in [2.45, 2.75) is 26.8 Å². The first-order valence-electron chi connectivity index (χ1n) is 8.42. The van der Waals surface area contributed by atoms with E-state index < -0.39 is 11.6 Å². The summed E-state index contributed by atoms with van der Waals surface area (Å²) in [6, 6.07) is 13.5. The van der Waals surface area contributed by atoms with Crippen molar-refractivity contribution >= 4 is 0 Å². The van der Waals surface area contributed by atoms with Crippen LogP contribution in [0.1, 0.15) is 22.4 Å². The lowest BCUT2D eigenvalue weighted by Crippen LogP contribution is -2.05. The third-order valence-corrected chi connectivity index (χ3v) is 4.61. The quantitative estimate of drug-likeness (QED) is 0.584. The largest absolute Gasteiger partial charge is 0.511 e. The molecular formula is C22H21F2NO. The summed E-state index contributed by atoms with van der Waals surface area (Å²) >= 11 is 0. The highest BCUT2D eigenvalue weighted by Gasteiger charge is 2.16. The molecule has 0 amide bonds. The molecule has 0 spiro atoms. The van der Waals surface area contributed by atoms with Crippen LogP contribution in [0.3, 0.4) is 0 Å². The monoisotopic (exact) mass is 353 g/mol. The number of hydrogen-bond acceptors (Lipinski definition) is 1. The fourth-order valence-electron chi connectivity index (χ4n) is 3.22. The van der Waals surface area contributed by atoms with Gasteiger partial charge in [0.1, 0.15) is 17.4 Å². The highest BCUT2D eigenvalue weighted by molar-refractivity contribution is 5.63. The van der Waals surface area contributed by atoms with E-state index in [4.69, 9.17) is 0 Å². The van der Waals surface area contributed by atoms with Gasteiger partial charge < -0.3 is 9.67 Å². The van der Waals surface area contributed by atoms with Crippen molar-refractivity contribution in [3.8, 4) is 11.3 Å². The number of benzene rings is 2. The Morgan fingerprint density at radius 1 is 1.00 bits per heavy atom. The minimum absolute atomic E-state index is 0.00994. The van der Waals surface area contributed by atoms with Crippen LogP contribution in [0.5, 0.6) is 0 Å². The summed E-state index contributed by atoms with van der Waals surface area (Å²) in [7, 11) is 0. The Morgan fingerprint density at radius 3 is 2.27 bits per heavy atom. The van der Waals surface area contributed by atoms with Gasteiger partial charge in [0.2, 0.25) is 0 Å². The molecule has 26 heavy (non-hydrogen) atoms.